The maximum atomic E-state index is 13.3. The van der Waals surface area contributed by atoms with Crippen molar-refractivity contribution >= 4 is 61.3 Å². The standard InChI is InChI=1S/C42H40N8O6S2/c1-23-6-15-33(39-36(23)30(19-43)20-44-39)48-58(53,54)32-13-7-27(8-14-32)22-56-42(52)29-16-17-49(21-29)31-11-9-28(10-12-31)38-37-24(2)25(3)57-41(37)50-26(4)46-47-40(50)34(45-38)18-35(51)55-5/h6-15,20,29,34,44,48H,16-18,21-22H2,1-5H3/t29-,34+/m1/s1. The molecule has 0 bridgehead atoms. The van der Waals surface area contributed by atoms with Gasteiger partial charge in [0.1, 0.15) is 29.5 Å². The van der Waals surface area contributed by atoms with Gasteiger partial charge in [-0.05, 0) is 81.1 Å². The number of sulfonamides is 1. The SMILES string of the molecule is COC(=O)C[C@@H]1N=C(c2ccc(N3CC[C@@H](C(=O)OCc4ccc(S(=O)(=O)Nc5ccc(C)c6c(C#N)c[nH]c56)cc4)C3)cc2)c2c(sc(C)c2C)-n2c(C)nnc21. The molecule has 296 valence electrons. The van der Waals surface area contributed by atoms with Gasteiger partial charge in [0, 0.05) is 46.4 Å². The molecule has 0 unspecified atom stereocenters. The van der Waals surface area contributed by atoms with Crippen LogP contribution in [0.15, 0.2) is 76.7 Å². The lowest BCUT2D eigenvalue weighted by molar-refractivity contribution is -0.149. The van der Waals surface area contributed by atoms with Crippen LogP contribution in [-0.4, -0.2) is 66.0 Å². The molecule has 3 aromatic carbocycles. The number of hydrogen-bond acceptors (Lipinski definition) is 12. The van der Waals surface area contributed by atoms with E-state index in [0.717, 1.165) is 43.5 Å². The highest BCUT2D eigenvalue weighted by Crippen LogP contribution is 2.40. The van der Waals surface area contributed by atoms with E-state index in [2.05, 4.69) is 44.7 Å². The second kappa shape index (κ2) is 15.2. The van der Waals surface area contributed by atoms with Crippen LogP contribution < -0.4 is 9.62 Å². The van der Waals surface area contributed by atoms with Crippen LogP contribution >= 0.6 is 11.3 Å². The van der Waals surface area contributed by atoms with E-state index in [-0.39, 0.29) is 35.8 Å². The molecule has 5 heterocycles. The number of ether oxygens (including phenoxy) is 2. The number of nitriles is 1. The average Bonchev–Trinajstić information content (AvgIpc) is 4.02. The van der Waals surface area contributed by atoms with Crippen molar-refractivity contribution in [3.63, 3.8) is 0 Å². The Morgan fingerprint density at radius 1 is 1.03 bits per heavy atom. The van der Waals surface area contributed by atoms with Crippen LogP contribution in [0.4, 0.5) is 11.4 Å². The fraction of sp³-hybridized carbons (Fsp3) is 0.286. The highest BCUT2D eigenvalue weighted by Gasteiger charge is 2.34. The summed E-state index contributed by atoms with van der Waals surface area (Å²) in [6.45, 7) is 9.09. The van der Waals surface area contributed by atoms with E-state index in [4.69, 9.17) is 14.5 Å². The summed E-state index contributed by atoms with van der Waals surface area (Å²) in [6, 6.07) is 19.3. The Balaban J connectivity index is 0.920. The number of fused-ring (bicyclic) bond motifs is 4. The van der Waals surface area contributed by atoms with Crippen LogP contribution in [0, 0.1) is 44.9 Å². The number of anilines is 2. The first-order chi connectivity index (χ1) is 27.9. The molecule has 0 amide bonds. The number of H-pyrrole nitrogens is 1. The van der Waals surface area contributed by atoms with Gasteiger partial charge in [0.25, 0.3) is 10.0 Å². The molecule has 2 aliphatic heterocycles. The van der Waals surface area contributed by atoms with Crippen LogP contribution in [0.1, 0.15) is 68.8 Å². The van der Waals surface area contributed by atoms with E-state index in [1.54, 1.807) is 41.8 Å². The molecule has 0 aliphatic carbocycles. The summed E-state index contributed by atoms with van der Waals surface area (Å²) < 4.78 is 41.9. The van der Waals surface area contributed by atoms with E-state index in [1.807, 2.05) is 42.7 Å². The fourth-order valence-electron chi connectivity index (χ4n) is 7.62. The van der Waals surface area contributed by atoms with Gasteiger partial charge >= 0.3 is 11.9 Å². The van der Waals surface area contributed by atoms with Gasteiger partial charge in [0.2, 0.25) is 0 Å². The van der Waals surface area contributed by atoms with E-state index < -0.39 is 16.1 Å². The van der Waals surface area contributed by atoms with E-state index in [0.29, 0.717) is 58.9 Å². The largest absolute Gasteiger partial charge is 0.469 e. The van der Waals surface area contributed by atoms with Gasteiger partial charge in [-0.15, -0.1) is 21.5 Å². The number of carbonyl (C=O) groups excluding carboxylic acids is 2. The number of hydrogen-bond donors (Lipinski definition) is 2. The van der Waals surface area contributed by atoms with Gasteiger partial charge in [0.15, 0.2) is 5.82 Å². The number of esters is 2. The smallest absolute Gasteiger partial charge is 0.311 e. The number of benzene rings is 3. The number of thiophene rings is 1. The van der Waals surface area contributed by atoms with Crippen LogP contribution in [0.2, 0.25) is 0 Å². The first-order valence-electron chi connectivity index (χ1n) is 18.7. The summed E-state index contributed by atoms with van der Waals surface area (Å²) in [6.07, 6.45) is 2.21. The van der Waals surface area contributed by atoms with Crippen molar-refractivity contribution in [2.24, 2.45) is 10.9 Å². The summed E-state index contributed by atoms with van der Waals surface area (Å²) in [5.41, 5.74) is 7.54. The van der Waals surface area contributed by atoms with Crippen molar-refractivity contribution in [3.8, 4) is 11.1 Å². The van der Waals surface area contributed by atoms with E-state index in [9.17, 15) is 23.3 Å². The summed E-state index contributed by atoms with van der Waals surface area (Å²) in [4.78, 5) is 37.2. The van der Waals surface area contributed by atoms with Crippen molar-refractivity contribution in [1.29, 1.82) is 5.26 Å². The van der Waals surface area contributed by atoms with Gasteiger partial charge < -0.3 is 19.4 Å². The maximum Gasteiger partial charge on any atom is 0.311 e. The van der Waals surface area contributed by atoms with Crippen molar-refractivity contribution in [2.45, 2.75) is 58.1 Å². The topological polar surface area (TPSA) is 185 Å². The van der Waals surface area contributed by atoms with Gasteiger partial charge in [-0.1, -0.05) is 30.3 Å². The number of aryl methyl sites for hydroxylation is 3. The number of nitrogens with one attached hydrogen (secondary N) is 2. The van der Waals surface area contributed by atoms with Crippen LogP contribution in [0.5, 0.6) is 0 Å². The molecule has 0 radical (unpaired) electrons. The minimum atomic E-state index is -3.95. The van der Waals surface area contributed by atoms with Crippen molar-refractivity contribution in [1.82, 2.24) is 19.7 Å². The van der Waals surface area contributed by atoms with Crippen molar-refractivity contribution in [3.05, 3.63) is 117 Å². The van der Waals surface area contributed by atoms with Crippen LogP contribution in [0.25, 0.3) is 15.9 Å². The van der Waals surface area contributed by atoms with Gasteiger partial charge in [-0.3, -0.25) is 23.9 Å². The molecular weight excluding hydrogens is 777 g/mol. The molecule has 3 aromatic heterocycles. The predicted octanol–water partition coefficient (Wildman–Crippen LogP) is 6.74. The predicted molar refractivity (Wildman–Crippen MR) is 220 cm³/mol. The molecule has 1 saturated heterocycles. The summed E-state index contributed by atoms with van der Waals surface area (Å²) >= 11 is 1.65. The first-order valence-corrected chi connectivity index (χ1v) is 21.0. The van der Waals surface area contributed by atoms with Crippen LogP contribution in [-0.2, 0) is 35.7 Å². The Labute approximate surface area is 339 Å². The molecule has 0 spiro atoms. The number of aromatic nitrogens is 4. The number of methoxy groups -OCH3 is 1. The van der Waals surface area contributed by atoms with Gasteiger partial charge in [0.05, 0.1) is 46.8 Å². The second-order valence-electron chi connectivity index (χ2n) is 14.5. The first kappa shape index (κ1) is 38.6. The third kappa shape index (κ3) is 7.00. The monoisotopic (exact) mass is 816 g/mol. The molecule has 1 fully saturated rings. The molecule has 0 saturated carbocycles. The molecule has 2 N–H and O–H groups in total. The minimum Gasteiger partial charge on any atom is -0.469 e. The Bertz CT molecular complexity index is 2780. The number of aromatic amines is 1. The average molecular weight is 817 g/mol. The number of carbonyl (C=O) groups is 2. The Morgan fingerprint density at radius 3 is 2.52 bits per heavy atom. The van der Waals surface area contributed by atoms with Crippen molar-refractivity contribution < 1.29 is 27.5 Å². The molecule has 8 rings (SSSR count). The molecule has 2 aliphatic rings. The number of aliphatic imine (C=N–C) groups is 1. The zero-order valence-corrected chi connectivity index (χ0v) is 34.1. The maximum absolute atomic E-state index is 13.3. The molecule has 2 atom stereocenters. The normalized spacial score (nSPS) is 16.3. The summed E-state index contributed by atoms with van der Waals surface area (Å²) in [7, 11) is -2.58. The number of nitrogens with zero attached hydrogens (tertiary/aromatic N) is 6. The summed E-state index contributed by atoms with van der Waals surface area (Å²) in [5.74, 6) is 0.286. The van der Waals surface area contributed by atoms with E-state index in [1.165, 1.54) is 19.2 Å². The van der Waals surface area contributed by atoms with Gasteiger partial charge in [-0.2, -0.15) is 5.26 Å². The van der Waals surface area contributed by atoms with E-state index >= 15 is 0 Å². The minimum absolute atomic E-state index is 0.00750. The quantitative estimate of drug-likeness (QED) is 0.140. The summed E-state index contributed by atoms with van der Waals surface area (Å²) in [5, 5.41) is 19.8. The lowest BCUT2D eigenvalue weighted by atomic mass is 9.99. The molecule has 16 heteroatoms. The Hall–Kier alpha value is -6.31. The van der Waals surface area contributed by atoms with Crippen molar-refractivity contribution in [2.75, 3.05) is 29.8 Å². The fourth-order valence-corrected chi connectivity index (χ4v) is 9.90. The van der Waals surface area contributed by atoms with Crippen LogP contribution in [0.3, 0.4) is 0 Å². The number of rotatable bonds is 10. The molecule has 58 heavy (non-hydrogen) atoms. The lowest BCUT2D eigenvalue weighted by Gasteiger charge is -2.19. The zero-order chi connectivity index (χ0) is 40.9. The van der Waals surface area contributed by atoms with Gasteiger partial charge in [-0.25, -0.2) is 8.42 Å². The Kier molecular flexibility index (Phi) is 10.1. The highest BCUT2D eigenvalue weighted by molar-refractivity contribution is 7.92. The second-order valence-corrected chi connectivity index (χ2v) is 17.4. The zero-order valence-electron chi connectivity index (χ0n) is 32.5. The third-order valence-corrected chi connectivity index (χ3v) is 13.5. The molecule has 14 nitrogen and oxygen atoms in total. The molecular formula is C42H40N8O6S2. The Morgan fingerprint density at radius 2 is 1.79 bits per heavy atom. The lowest BCUT2D eigenvalue weighted by Crippen LogP contribution is -2.24. The third-order valence-electron chi connectivity index (χ3n) is 10.9. The highest BCUT2D eigenvalue weighted by atomic mass is 32.2. The molecule has 6 aromatic rings.